The van der Waals surface area contributed by atoms with E-state index in [-0.39, 0.29) is 0 Å². The van der Waals surface area contributed by atoms with E-state index in [1.54, 1.807) is 18.9 Å². The van der Waals surface area contributed by atoms with Gasteiger partial charge in [-0.15, -0.1) is 0 Å². The Morgan fingerprint density at radius 3 is 2.70 bits per heavy atom. The molecule has 2 aromatic carbocycles. The molecule has 0 aromatic heterocycles. The Morgan fingerprint density at radius 2 is 2.00 bits per heavy atom. The third-order valence-electron chi connectivity index (χ3n) is 2.83. The second-order valence-corrected chi connectivity index (χ2v) is 5.31. The molecule has 3 nitrogen and oxygen atoms in total. The van der Waals surface area contributed by atoms with Crippen LogP contribution in [0.4, 0.5) is 0 Å². The largest absolute Gasteiger partial charge is 0.496 e. The number of ether oxygens (including phenoxy) is 1. The van der Waals surface area contributed by atoms with Gasteiger partial charge < -0.3 is 10.1 Å². The van der Waals surface area contributed by atoms with E-state index in [9.17, 15) is 5.26 Å². The van der Waals surface area contributed by atoms with E-state index in [4.69, 9.17) is 4.74 Å². The first-order chi connectivity index (χ1) is 9.78. The van der Waals surface area contributed by atoms with Crippen molar-refractivity contribution in [1.29, 1.82) is 5.26 Å². The molecule has 0 amide bonds. The molecule has 0 unspecified atom stereocenters. The van der Waals surface area contributed by atoms with Crippen LogP contribution in [0, 0.1) is 11.3 Å². The number of nitrogens with zero attached hydrogens (tertiary/aromatic N) is 1. The molecule has 2 aromatic rings. The lowest BCUT2D eigenvalue weighted by Gasteiger charge is -2.09. The van der Waals surface area contributed by atoms with Crippen LogP contribution in [0.3, 0.4) is 0 Å². The van der Waals surface area contributed by atoms with Gasteiger partial charge in [-0.05, 0) is 36.9 Å². The van der Waals surface area contributed by atoms with Crippen LogP contribution in [0.25, 0.3) is 0 Å². The summed E-state index contributed by atoms with van der Waals surface area (Å²) < 4.78 is 5.34. The van der Waals surface area contributed by atoms with Crippen LogP contribution >= 0.6 is 11.8 Å². The van der Waals surface area contributed by atoms with Gasteiger partial charge in [0.1, 0.15) is 11.8 Å². The molecular weight excluding hydrogens is 268 g/mol. The standard InChI is InChI=1S/C16H16N2OS/c1-18-11-12-7-8-15(13(9-12)10-17)20-16-6-4-3-5-14(16)19-2/h3-9,18H,11H2,1-2H3. The highest BCUT2D eigenvalue weighted by molar-refractivity contribution is 7.99. The van der Waals surface area contributed by atoms with Crippen LogP contribution in [0.5, 0.6) is 5.75 Å². The third kappa shape index (κ3) is 3.32. The summed E-state index contributed by atoms with van der Waals surface area (Å²) in [6, 6.07) is 16.0. The SMILES string of the molecule is CNCc1ccc(Sc2ccccc2OC)c(C#N)c1. The predicted molar refractivity (Wildman–Crippen MR) is 81.0 cm³/mol. The Kier molecular flexibility index (Phi) is 5.05. The predicted octanol–water partition coefficient (Wildman–Crippen LogP) is 3.44. The number of nitriles is 1. The van der Waals surface area contributed by atoms with E-state index in [1.807, 2.05) is 49.5 Å². The molecule has 0 aliphatic heterocycles. The summed E-state index contributed by atoms with van der Waals surface area (Å²) in [5.74, 6) is 0.820. The summed E-state index contributed by atoms with van der Waals surface area (Å²) in [6.07, 6.45) is 0. The van der Waals surface area contributed by atoms with E-state index in [0.29, 0.717) is 5.56 Å². The maximum atomic E-state index is 9.30. The Labute approximate surface area is 123 Å². The van der Waals surface area contributed by atoms with Gasteiger partial charge in [0.2, 0.25) is 0 Å². The molecular formula is C16H16N2OS. The molecule has 1 N–H and O–H groups in total. The van der Waals surface area contributed by atoms with Gasteiger partial charge in [0.05, 0.1) is 17.6 Å². The molecule has 0 aliphatic carbocycles. The summed E-state index contributed by atoms with van der Waals surface area (Å²) in [5, 5.41) is 12.4. The van der Waals surface area contributed by atoms with E-state index in [1.165, 1.54) is 0 Å². The van der Waals surface area contributed by atoms with Crippen molar-refractivity contribution < 1.29 is 4.74 Å². The van der Waals surface area contributed by atoms with Crippen molar-refractivity contribution in [2.24, 2.45) is 0 Å². The Balaban J connectivity index is 2.31. The monoisotopic (exact) mass is 284 g/mol. The lowest BCUT2D eigenvalue weighted by molar-refractivity contribution is 0.405. The van der Waals surface area contributed by atoms with Crippen LogP contribution in [-0.4, -0.2) is 14.2 Å². The molecule has 0 radical (unpaired) electrons. The zero-order valence-electron chi connectivity index (χ0n) is 11.5. The van der Waals surface area contributed by atoms with Crippen molar-refractivity contribution >= 4 is 11.8 Å². The number of rotatable bonds is 5. The maximum Gasteiger partial charge on any atom is 0.132 e. The molecule has 102 valence electrons. The molecule has 0 spiro atoms. The van der Waals surface area contributed by atoms with E-state index in [0.717, 1.165) is 27.6 Å². The van der Waals surface area contributed by atoms with Crippen molar-refractivity contribution in [3.8, 4) is 11.8 Å². The van der Waals surface area contributed by atoms with Crippen LogP contribution in [0.1, 0.15) is 11.1 Å². The maximum absolute atomic E-state index is 9.30. The molecule has 0 saturated carbocycles. The van der Waals surface area contributed by atoms with Gasteiger partial charge in [-0.3, -0.25) is 0 Å². The molecule has 0 bridgehead atoms. The smallest absolute Gasteiger partial charge is 0.132 e. The third-order valence-corrected chi connectivity index (χ3v) is 3.97. The number of hydrogen-bond donors (Lipinski definition) is 1. The molecule has 0 heterocycles. The number of para-hydroxylation sites is 1. The van der Waals surface area contributed by atoms with Crippen molar-refractivity contribution in [2.45, 2.75) is 16.3 Å². The van der Waals surface area contributed by atoms with Crippen LogP contribution in [-0.2, 0) is 6.54 Å². The summed E-state index contributed by atoms with van der Waals surface area (Å²) in [4.78, 5) is 1.95. The van der Waals surface area contributed by atoms with Gasteiger partial charge >= 0.3 is 0 Å². The minimum absolute atomic E-state index is 0.689. The van der Waals surface area contributed by atoms with Gasteiger partial charge in [-0.1, -0.05) is 30.0 Å². The quantitative estimate of drug-likeness (QED) is 0.913. The molecule has 0 fully saturated rings. The average Bonchev–Trinajstić information content (AvgIpc) is 2.49. The first-order valence-corrected chi connectivity index (χ1v) is 7.08. The zero-order chi connectivity index (χ0) is 14.4. The molecule has 4 heteroatoms. The second kappa shape index (κ2) is 6.99. The molecule has 0 atom stereocenters. The first-order valence-electron chi connectivity index (χ1n) is 6.27. The van der Waals surface area contributed by atoms with E-state index < -0.39 is 0 Å². The van der Waals surface area contributed by atoms with Crippen molar-refractivity contribution in [2.75, 3.05) is 14.2 Å². The fourth-order valence-corrected chi connectivity index (χ4v) is 2.88. The van der Waals surface area contributed by atoms with Crippen molar-refractivity contribution in [3.05, 3.63) is 53.6 Å². The van der Waals surface area contributed by atoms with Crippen LogP contribution in [0.15, 0.2) is 52.3 Å². The number of nitrogens with one attached hydrogen (secondary N) is 1. The molecule has 2 rings (SSSR count). The van der Waals surface area contributed by atoms with Gasteiger partial charge in [0, 0.05) is 11.4 Å². The summed E-state index contributed by atoms with van der Waals surface area (Å²) >= 11 is 1.55. The highest BCUT2D eigenvalue weighted by atomic mass is 32.2. The van der Waals surface area contributed by atoms with Crippen molar-refractivity contribution in [3.63, 3.8) is 0 Å². The van der Waals surface area contributed by atoms with E-state index >= 15 is 0 Å². The topological polar surface area (TPSA) is 45.0 Å². The Morgan fingerprint density at radius 1 is 1.20 bits per heavy atom. The van der Waals surface area contributed by atoms with Crippen LogP contribution < -0.4 is 10.1 Å². The summed E-state index contributed by atoms with van der Waals surface area (Å²) in [5.41, 5.74) is 1.79. The fraction of sp³-hybridized carbons (Fsp3) is 0.188. The highest BCUT2D eigenvalue weighted by Crippen LogP contribution is 2.36. The number of methoxy groups -OCH3 is 1. The highest BCUT2D eigenvalue weighted by Gasteiger charge is 2.08. The Hall–Kier alpha value is -1.96. The molecule has 0 aliphatic rings. The lowest BCUT2D eigenvalue weighted by Crippen LogP contribution is -2.05. The zero-order valence-corrected chi connectivity index (χ0v) is 12.3. The molecule has 0 saturated heterocycles. The second-order valence-electron chi connectivity index (χ2n) is 4.23. The lowest BCUT2D eigenvalue weighted by atomic mass is 10.1. The summed E-state index contributed by atoms with van der Waals surface area (Å²) in [6.45, 7) is 0.758. The van der Waals surface area contributed by atoms with Gasteiger partial charge in [0.25, 0.3) is 0 Å². The fourth-order valence-electron chi connectivity index (χ4n) is 1.89. The van der Waals surface area contributed by atoms with E-state index in [2.05, 4.69) is 11.4 Å². The Bertz CT molecular complexity index is 635. The minimum atomic E-state index is 0.689. The van der Waals surface area contributed by atoms with Crippen LogP contribution in [0.2, 0.25) is 0 Å². The average molecular weight is 284 g/mol. The normalized spacial score (nSPS) is 10.1. The first kappa shape index (κ1) is 14.4. The summed E-state index contributed by atoms with van der Waals surface area (Å²) in [7, 11) is 3.55. The number of benzene rings is 2. The van der Waals surface area contributed by atoms with Gasteiger partial charge in [0.15, 0.2) is 0 Å². The van der Waals surface area contributed by atoms with Crippen molar-refractivity contribution in [1.82, 2.24) is 5.32 Å². The van der Waals surface area contributed by atoms with Gasteiger partial charge in [-0.25, -0.2) is 0 Å². The van der Waals surface area contributed by atoms with Gasteiger partial charge in [-0.2, -0.15) is 5.26 Å². The molecule has 20 heavy (non-hydrogen) atoms. The minimum Gasteiger partial charge on any atom is -0.496 e. The number of hydrogen-bond acceptors (Lipinski definition) is 4.